The minimum Gasteiger partial charge on any atom is -0.242 e. The molecule has 0 spiro atoms. The van der Waals surface area contributed by atoms with Gasteiger partial charge in [-0.15, -0.1) is 11.3 Å². The highest BCUT2D eigenvalue weighted by Crippen LogP contribution is 2.62. The van der Waals surface area contributed by atoms with Crippen LogP contribution < -0.4 is 0 Å². The van der Waals surface area contributed by atoms with Gasteiger partial charge in [0.1, 0.15) is 36.3 Å². The van der Waals surface area contributed by atoms with E-state index in [2.05, 4.69) is 321 Å². The van der Waals surface area contributed by atoms with E-state index in [0.29, 0.717) is 11.6 Å². The Morgan fingerprint density at radius 2 is 0.558 bits per heavy atom. The molecule has 0 aliphatic heterocycles. The largest absolute Gasteiger partial charge is 0.242 e. The van der Waals surface area contributed by atoms with Crippen molar-refractivity contribution in [2.45, 2.75) is 10.8 Å². The second-order valence-corrected chi connectivity index (χ2v) is 25.5. The number of benzene rings is 13. The van der Waals surface area contributed by atoms with E-state index in [1.807, 2.05) is 11.3 Å². The number of fused-ring (bicyclic) bond motifs is 13. The smallest absolute Gasteiger partial charge is 0.162 e. The molecule has 0 saturated heterocycles. The lowest BCUT2D eigenvalue weighted by Crippen LogP contribution is -2.28. The average Bonchev–Trinajstić information content (AvgIpc) is 1.55. The van der Waals surface area contributed by atoms with Crippen molar-refractivity contribution >= 4 is 54.9 Å². The van der Waals surface area contributed by atoms with Gasteiger partial charge in [-0.25, -0.2) is 39.9 Å². The van der Waals surface area contributed by atoms with Gasteiger partial charge in [-0.3, -0.25) is 0 Å². The first-order valence-corrected chi connectivity index (χ1v) is 32.7. The van der Waals surface area contributed by atoms with Gasteiger partial charge >= 0.3 is 0 Å². The Hall–Kier alpha value is -12.3. The van der Waals surface area contributed by atoms with Gasteiger partial charge in [0.15, 0.2) is 11.6 Å². The summed E-state index contributed by atoms with van der Waals surface area (Å²) in [5.74, 6) is 1.25. The molecule has 95 heavy (non-hydrogen) atoms. The topological polar surface area (TPSA) is 103 Å². The lowest BCUT2D eigenvalue weighted by Gasteiger charge is -2.34. The lowest BCUT2D eigenvalue weighted by molar-refractivity contribution is 0.768. The summed E-state index contributed by atoms with van der Waals surface area (Å²) in [4.78, 5) is 40.3. The molecule has 19 rings (SSSR count). The van der Waals surface area contributed by atoms with Crippen LogP contribution in [-0.4, -0.2) is 39.9 Å². The summed E-state index contributed by atoms with van der Waals surface area (Å²) in [6, 6.07) is 107. The van der Waals surface area contributed by atoms with E-state index in [0.717, 1.165) is 97.9 Å². The Balaban J connectivity index is 0.912. The van der Waals surface area contributed by atoms with Gasteiger partial charge in [0.05, 0.1) is 31.6 Å². The van der Waals surface area contributed by atoms with E-state index in [-0.39, 0.29) is 0 Å². The fourth-order valence-electron chi connectivity index (χ4n) is 15.8. The van der Waals surface area contributed by atoms with Gasteiger partial charge in [0, 0.05) is 33.0 Å². The summed E-state index contributed by atoms with van der Waals surface area (Å²) in [7, 11) is 0. The van der Waals surface area contributed by atoms with E-state index in [9.17, 15) is 0 Å². The molecule has 17 aromatic rings. The average molecular weight is 1230 g/mol. The maximum atomic E-state index is 6.15. The molecule has 4 aromatic heterocycles. The van der Waals surface area contributed by atoms with E-state index in [1.165, 1.54) is 92.1 Å². The van der Waals surface area contributed by atoms with Gasteiger partial charge < -0.3 is 0 Å². The van der Waals surface area contributed by atoms with Crippen molar-refractivity contribution in [2.24, 2.45) is 0 Å². The Morgan fingerprint density at radius 1 is 0.242 bits per heavy atom. The quantitative estimate of drug-likeness (QED) is 0.125. The summed E-state index contributed by atoms with van der Waals surface area (Å²) in [5.41, 5.74) is 25.1. The highest BCUT2D eigenvalue weighted by Gasteiger charge is 2.49. The van der Waals surface area contributed by atoms with Crippen LogP contribution in [0.15, 0.2) is 316 Å². The molecule has 0 bridgehead atoms. The van der Waals surface area contributed by atoms with Crippen molar-refractivity contribution < 1.29 is 0 Å². The van der Waals surface area contributed by atoms with Crippen molar-refractivity contribution in [3.05, 3.63) is 361 Å². The molecule has 442 valence electrons. The third kappa shape index (κ3) is 8.19. The number of hydrogen-bond donors (Lipinski definition) is 0. The maximum absolute atomic E-state index is 6.15. The molecular formula is C86H52N8S. The minimum atomic E-state index is -0.615. The molecule has 8 nitrogen and oxygen atoms in total. The van der Waals surface area contributed by atoms with Crippen LogP contribution in [0, 0.1) is 0 Å². The predicted molar refractivity (Wildman–Crippen MR) is 384 cm³/mol. The molecule has 0 radical (unpaired) electrons. The Kier molecular flexibility index (Phi) is 12.4. The van der Waals surface area contributed by atoms with E-state index >= 15 is 0 Å². The zero-order valence-electron chi connectivity index (χ0n) is 51.0. The first-order chi connectivity index (χ1) is 47.1. The number of aromatic nitrogens is 8. The van der Waals surface area contributed by atoms with Gasteiger partial charge in [-0.1, -0.05) is 279 Å². The molecule has 4 heterocycles. The molecule has 2 aliphatic carbocycles. The van der Waals surface area contributed by atoms with Crippen LogP contribution in [0.5, 0.6) is 0 Å². The van der Waals surface area contributed by atoms with Gasteiger partial charge in [0.25, 0.3) is 0 Å². The van der Waals surface area contributed by atoms with Gasteiger partial charge in [-0.2, -0.15) is 0 Å². The molecular weight excluding hydrogens is 1180 g/mol. The zero-order chi connectivity index (χ0) is 62.6. The molecule has 0 unspecified atom stereocenters. The van der Waals surface area contributed by atoms with E-state index in [4.69, 9.17) is 9.97 Å². The van der Waals surface area contributed by atoms with E-state index < -0.39 is 10.8 Å². The zero-order valence-corrected chi connectivity index (χ0v) is 51.8. The number of hydrogen-bond acceptors (Lipinski definition) is 9. The minimum absolute atomic E-state index is 0.615. The van der Waals surface area contributed by atoms with E-state index in [1.54, 1.807) is 0 Å². The molecule has 0 fully saturated rings. The predicted octanol–water partition coefficient (Wildman–Crippen LogP) is 20.2. The van der Waals surface area contributed by atoms with Gasteiger partial charge in [-0.05, 0) is 112 Å². The van der Waals surface area contributed by atoms with Crippen LogP contribution in [0.25, 0.3) is 132 Å². The highest BCUT2D eigenvalue weighted by molar-refractivity contribution is 7.21. The fourth-order valence-corrected chi connectivity index (χ4v) is 17.0. The van der Waals surface area contributed by atoms with Gasteiger partial charge in [0.2, 0.25) is 0 Å². The number of rotatable bonds is 10. The second kappa shape index (κ2) is 21.7. The lowest BCUT2D eigenvalue weighted by atomic mass is 9.67. The first-order valence-electron chi connectivity index (χ1n) is 31.9. The highest BCUT2D eigenvalue weighted by atomic mass is 32.1. The van der Waals surface area contributed by atoms with Crippen molar-refractivity contribution in [3.8, 4) is 88.2 Å². The van der Waals surface area contributed by atoms with Crippen LogP contribution in [0.1, 0.15) is 44.5 Å². The van der Waals surface area contributed by atoms with Crippen molar-refractivity contribution in [1.29, 1.82) is 0 Å². The molecule has 0 amide bonds. The normalized spacial score (nSPS) is 13.2. The molecule has 2 aliphatic rings. The molecule has 13 aromatic carbocycles. The van der Waals surface area contributed by atoms with Crippen LogP contribution in [0.4, 0.5) is 0 Å². The molecule has 0 N–H and O–H groups in total. The first kappa shape index (κ1) is 54.4. The second-order valence-electron chi connectivity index (χ2n) is 24.5. The summed E-state index contributed by atoms with van der Waals surface area (Å²) in [5, 5.41) is 4.16. The monoisotopic (exact) mass is 1230 g/mol. The third-order valence-corrected chi connectivity index (χ3v) is 21.0. The Bertz CT molecular complexity index is 5430. The Morgan fingerprint density at radius 3 is 0.937 bits per heavy atom. The molecule has 9 heteroatoms. The fraction of sp³-hybridized carbons (Fsp3) is 0.0233. The third-order valence-electron chi connectivity index (χ3n) is 19.8. The Labute approximate surface area is 551 Å². The van der Waals surface area contributed by atoms with Crippen molar-refractivity contribution in [2.75, 3.05) is 0 Å². The van der Waals surface area contributed by atoms with Crippen LogP contribution >= 0.6 is 11.3 Å². The van der Waals surface area contributed by atoms with Crippen LogP contribution in [0.2, 0.25) is 0 Å². The van der Waals surface area contributed by atoms with Crippen LogP contribution in [-0.2, 0) is 10.8 Å². The van der Waals surface area contributed by atoms with Crippen molar-refractivity contribution in [3.63, 3.8) is 0 Å². The standard InChI is InChI=1S/C86H52N8S/c1-5-19-59(20-6-1)85(60-21-7-2-8-22-60)71-31-15-13-27-65(71)75-67(29-17-33-73(75)85)81-79-80(82(95-81)68-30-18-34-74-76(68)66-28-14-16-32-72(66)86(74,61-23-9-3-10-24-61)62-25-11-4-12-26-62)94-78-64-46-44-58(54-37-41-56(42-38-54)84-91-51-88-52-92-84)48-70(64)69-47-57(43-45-63(69)77(78)93-79)53-35-39-55(40-36-53)83-89-49-87-50-90-83/h1-52H. The van der Waals surface area contributed by atoms with Crippen LogP contribution in [0.3, 0.4) is 0 Å². The maximum Gasteiger partial charge on any atom is 0.162 e. The summed E-state index contributed by atoms with van der Waals surface area (Å²) >= 11 is 1.81. The molecule has 0 atom stereocenters. The van der Waals surface area contributed by atoms with Crippen molar-refractivity contribution in [1.82, 2.24) is 39.9 Å². The summed E-state index contributed by atoms with van der Waals surface area (Å²) in [6.45, 7) is 0. The number of nitrogens with zero attached hydrogens (tertiary/aromatic N) is 8. The molecule has 0 saturated carbocycles. The summed E-state index contributed by atoms with van der Waals surface area (Å²) < 4.78 is 0. The summed E-state index contributed by atoms with van der Waals surface area (Å²) in [6.07, 6.45) is 6.14. The SMILES string of the molecule is c1ccc(C2(c3ccccc3)c3ccccc3-c3c(-c4sc(-c5cccc6c5-c5ccccc5C6(c5ccccc5)c5ccccc5)c5nc6c7ccc(-c8ccc(-c9ncncn9)cc8)cc7c7cc(-c8ccc(-c9ncncn9)cc8)ccc7c6nc45)cccc32)cc1. The number of thiophene rings is 1.